The number of rotatable bonds is 6. The van der Waals surface area contributed by atoms with Crippen LogP contribution in [-0.2, 0) is 4.79 Å². The lowest BCUT2D eigenvalue weighted by Crippen LogP contribution is -2.34. The number of hydrogen-bond acceptors (Lipinski definition) is 4. The SMILES string of the molecule is C/C=C/c1cc(-c2ncc(C(=O)NCC3CC(C)(C)C(C)CCC3=O)s2)cc(C(F)F)c1. The van der Waals surface area contributed by atoms with Crippen molar-refractivity contribution in [1.82, 2.24) is 10.3 Å². The van der Waals surface area contributed by atoms with Crippen LogP contribution in [0.3, 0.4) is 0 Å². The molecule has 2 atom stereocenters. The number of benzene rings is 1. The van der Waals surface area contributed by atoms with Crippen molar-refractivity contribution >= 4 is 29.1 Å². The molecule has 172 valence electrons. The summed E-state index contributed by atoms with van der Waals surface area (Å²) in [5, 5.41) is 3.39. The van der Waals surface area contributed by atoms with E-state index in [9.17, 15) is 18.4 Å². The van der Waals surface area contributed by atoms with Crippen molar-refractivity contribution in [3.63, 3.8) is 0 Å². The second-order valence-electron chi connectivity index (χ2n) is 9.22. The second kappa shape index (κ2) is 10.0. The average molecular weight is 461 g/mol. The molecular formula is C25H30F2N2O2S. The fourth-order valence-corrected chi connectivity index (χ4v) is 4.94. The first-order valence-corrected chi connectivity index (χ1v) is 11.8. The fourth-order valence-electron chi connectivity index (χ4n) is 4.12. The Morgan fingerprint density at radius 1 is 1.34 bits per heavy atom. The number of nitrogens with zero attached hydrogens (tertiary/aromatic N) is 1. The van der Waals surface area contributed by atoms with E-state index in [4.69, 9.17) is 0 Å². The molecule has 1 aromatic heterocycles. The minimum atomic E-state index is -2.59. The summed E-state index contributed by atoms with van der Waals surface area (Å²) < 4.78 is 26.6. The van der Waals surface area contributed by atoms with Crippen LogP contribution in [-0.4, -0.2) is 23.2 Å². The van der Waals surface area contributed by atoms with Crippen molar-refractivity contribution in [3.05, 3.63) is 46.5 Å². The zero-order valence-corrected chi connectivity index (χ0v) is 19.8. The lowest BCUT2D eigenvalue weighted by molar-refractivity contribution is -0.122. The molecule has 2 unspecified atom stereocenters. The maximum Gasteiger partial charge on any atom is 0.263 e. The highest BCUT2D eigenvalue weighted by molar-refractivity contribution is 7.16. The number of Topliss-reactive ketones (excluding diaryl/α,β-unsaturated/α-hetero) is 1. The Morgan fingerprint density at radius 3 is 2.78 bits per heavy atom. The summed E-state index contributed by atoms with van der Waals surface area (Å²) >= 11 is 1.16. The van der Waals surface area contributed by atoms with Gasteiger partial charge < -0.3 is 5.32 Å². The van der Waals surface area contributed by atoms with E-state index in [0.717, 1.165) is 24.2 Å². The van der Waals surface area contributed by atoms with Crippen molar-refractivity contribution in [2.24, 2.45) is 17.3 Å². The molecule has 1 amide bonds. The summed E-state index contributed by atoms with van der Waals surface area (Å²) in [6.07, 6.45) is 4.57. The summed E-state index contributed by atoms with van der Waals surface area (Å²) in [6, 6.07) is 4.63. The van der Waals surface area contributed by atoms with Crippen molar-refractivity contribution in [1.29, 1.82) is 0 Å². The van der Waals surface area contributed by atoms with Gasteiger partial charge in [0.1, 0.15) is 15.7 Å². The molecule has 4 nitrogen and oxygen atoms in total. The first-order chi connectivity index (χ1) is 15.1. The first kappa shape index (κ1) is 24.2. The predicted molar refractivity (Wildman–Crippen MR) is 125 cm³/mol. The Bertz CT molecular complexity index is 1010. The largest absolute Gasteiger partial charge is 0.351 e. The van der Waals surface area contributed by atoms with E-state index in [0.29, 0.717) is 39.9 Å². The Kier molecular flexibility index (Phi) is 7.59. The highest BCUT2D eigenvalue weighted by Gasteiger charge is 2.35. The number of thiazole rings is 1. The number of aromatic nitrogens is 1. The zero-order valence-electron chi connectivity index (χ0n) is 19.0. The molecule has 0 saturated heterocycles. The van der Waals surface area contributed by atoms with Crippen molar-refractivity contribution in [3.8, 4) is 10.6 Å². The topological polar surface area (TPSA) is 59.1 Å². The fraction of sp³-hybridized carbons (Fsp3) is 0.480. The molecule has 1 saturated carbocycles. The van der Waals surface area contributed by atoms with Gasteiger partial charge in [-0.2, -0.15) is 0 Å². The van der Waals surface area contributed by atoms with Gasteiger partial charge in [0, 0.05) is 30.0 Å². The van der Waals surface area contributed by atoms with Crippen LogP contribution in [0.15, 0.2) is 30.5 Å². The molecule has 2 aromatic rings. The van der Waals surface area contributed by atoms with Crippen molar-refractivity contribution in [2.75, 3.05) is 6.54 Å². The number of alkyl halides is 2. The Balaban J connectivity index is 1.73. The number of nitrogens with one attached hydrogen (secondary N) is 1. The number of carbonyl (C=O) groups excluding carboxylic acids is 2. The smallest absolute Gasteiger partial charge is 0.263 e. The van der Waals surface area contributed by atoms with Gasteiger partial charge in [0.15, 0.2) is 0 Å². The molecule has 1 aliphatic carbocycles. The van der Waals surface area contributed by atoms with Crippen LogP contribution in [0.4, 0.5) is 8.78 Å². The van der Waals surface area contributed by atoms with Crippen LogP contribution in [0.2, 0.25) is 0 Å². The van der Waals surface area contributed by atoms with E-state index in [1.165, 1.54) is 18.3 Å². The number of allylic oxidation sites excluding steroid dienone is 1. The maximum absolute atomic E-state index is 13.3. The van der Waals surface area contributed by atoms with Gasteiger partial charge in [-0.3, -0.25) is 9.59 Å². The van der Waals surface area contributed by atoms with Gasteiger partial charge in [-0.1, -0.05) is 32.9 Å². The minimum absolute atomic E-state index is 0.0412. The lowest BCUT2D eigenvalue weighted by Gasteiger charge is -2.31. The Hall–Kier alpha value is -2.41. The summed E-state index contributed by atoms with van der Waals surface area (Å²) in [5.74, 6) is 0.161. The van der Waals surface area contributed by atoms with E-state index in [-0.39, 0.29) is 28.6 Å². The van der Waals surface area contributed by atoms with Crippen molar-refractivity contribution in [2.45, 2.75) is 53.4 Å². The minimum Gasteiger partial charge on any atom is -0.351 e. The molecule has 1 aromatic carbocycles. The van der Waals surface area contributed by atoms with Crippen LogP contribution in [0, 0.1) is 17.3 Å². The Labute approximate surface area is 192 Å². The van der Waals surface area contributed by atoms with Crippen LogP contribution >= 0.6 is 11.3 Å². The van der Waals surface area contributed by atoms with Crippen LogP contribution in [0.1, 0.15) is 74.2 Å². The van der Waals surface area contributed by atoms with E-state index in [2.05, 4.69) is 31.1 Å². The van der Waals surface area contributed by atoms with Gasteiger partial charge in [-0.25, -0.2) is 13.8 Å². The molecule has 1 heterocycles. The lowest BCUT2D eigenvalue weighted by atomic mass is 9.74. The van der Waals surface area contributed by atoms with E-state index < -0.39 is 6.43 Å². The molecule has 1 N–H and O–H groups in total. The van der Waals surface area contributed by atoms with Gasteiger partial charge in [0.25, 0.3) is 12.3 Å². The third-order valence-corrected chi connectivity index (χ3v) is 7.51. The molecule has 7 heteroatoms. The molecule has 3 rings (SSSR count). The van der Waals surface area contributed by atoms with Gasteiger partial charge in [0.05, 0.1) is 6.20 Å². The molecular weight excluding hydrogens is 430 g/mol. The molecule has 0 spiro atoms. The second-order valence-corrected chi connectivity index (χ2v) is 10.3. The standard InChI is InChI=1S/C25H30F2N2O2S/c1-5-6-16-9-17(22(26)27)11-18(10-16)24-29-14-21(32-24)23(31)28-13-19-12-25(3,4)15(2)7-8-20(19)30/h5-6,9-11,14-15,19,22H,7-8,12-13H2,1-4H3,(H,28,31)/b6-5+. The zero-order chi connectivity index (χ0) is 23.5. The van der Waals surface area contributed by atoms with Crippen LogP contribution in [0.5, 0.6) is 0 Å². The third-order valence-electron chi connectivity index (χ3n) is 6.46. The van der Waals surface area contributed by atoms with Crippen molar-refractivity contribution < 1.29 is 18.4 Å². The van der Waals surface area contributed by atoms with Crippen LogP contribution in [0.25, 0.3) is 16.6 Å². The number of amides is 1. The van der Waals surface area contributed by atoms with Gasteiger partial charge in [-0.05, 0) is 54.9 Å². The highest BCUT2D eigenvalue weighted by Crippen LogP contribution is 2.40. The average Bonchev–Trinajstić information content (AvgIpc) is 3.21. The molecule has 1 aliphatic rings. The van der Waals surface area contributed by atoms with Gasteiger partial charge in [0.2, 0.25) is 0 Å². The van der Waals surface area contributed by atoms with E-state index >= 15 is 0 Å². The molecule has 1 fully saturated rings. The molecule has 0 radical (unpaired) electrons. The number of halogens is 2. The number of hydrogen-bond donors (Lipinski definition) is 1. The summed E-state index contributed by atoms with van der Waals surface area (Å²) in [6.45, 7) is 8.65. The Morgan fingerprint density at radius 2 is 2.09 bits per heavy atom. The van der Waals surface area contributed by atoms with Crippen LogP contribution < -0.4 is 5.32 Å². The highest BCUT2D eigenvalue weighted by atomic mass is 32.1. The van der Waals surface area contributed by atoms with E-state index in [1.54, 1.807) is 18.2 Å². The quantitative estimate of drug-likeness (QED) is 0.498. The summed E-state index contributed by atoms with van der Waals surface area (Å²) in [7, 11) is 0. The normalized spacial score (nSPS) is 21.2. The van der Waals surface area contributed by atoms with Gasteiger partial charge >= 0.3 is 0 Å². The monoisotopic (exact) mass is 460 g/mol. The molecule has 0 bridgehead atoms. The van der Waals surface area contributed by atoms with Gasteiger partial charge in [-0.15, -0.1) is 11.3 Å². The molecule has 0 aliphatic heterocycles. The first-order valence-electron chi connectivity index (χ1n) is 10.9. The third kappa shape index (κ3) is 5.68. The predicted octanol–water partition coefficient (Wildman–Crippen LogP) is 6.54. The summed E-state index contributed by atoms with van der Waals surface area (Å²) in [4.78, 5) is 29.9. The maximum atomic E-state index is 13.3. The summed E-state index contributed by atoms with van der Waals surface area (Å²) in [5.41, 5.74) is 1.17. The number of ketones is 1. The van der Waals surface area contributed by atoms with E-state index in [1.807, 2.05) is 6.92 Å². The molecule has 32 heavy (non-hydrogen) atoms. The number of carbonyl (C=O) groups is 2.